The van der Waals surface area contributed by atoms with Gasteiger partial charge < -0.3 is 10.2 Å². The number of hydrogen-bond acceptors (Lipinski definition) is 3. The molecule has 0 aromatic heterocycles. The molecule has 1 N–H and O–H groups in total. The lowest BCUT2D eigenvalue weighted by Gasteiger charge is -2.34. The van der Waals surface area contributed by atoms with Gasteiger partial charge in [0.25, 0.3) is 5.91 Å². The molecule has 0 bridgehead atoms. The largest absolute Gasteiger partial charge is 0.355 e. The van der Waals surface area contributed by atoms with Crippen molar-refractivity contribution in [2.75, 3.05) is 27.7 Å². The summed E-state index contributed by atoms with van der Waals surface area (Å²) < 4.78 is 0. The zero-order chi connectivity index (χ0) is 20.1. The number of carbonyl (C=O) groups is 2. The van der Waals surface area contributed by atoms with E-state index in [1.165, 1.54) is 11.1 Å². The lowest BCUT2D eigenvalue weighted by molar-refractivity contribution is -0.133. The smallest absolute Gasteiger partial charge is 0.251 e. The summed E-state index contributed by atoms with van der Waals surface area (Å²) in [5.41, 5.74) is 4.37. The molecule has 5 nitrogen and oxygen atoms in total. The van der Waals surface area contributed by atoms with Crippen molar-refractivity contribution in [3.05, 3.63) is 70.8 Å². The van der Waals surface area contributed by atoms with Gasteiger partial charge in [-0.1, -0.05) is 36.4 Å². The molecule has 3 rings (SSSR count). The van der Waals surface area contributed by atoms with E-state index >= 15 is 0 Å². The van der Waals surface area contributed by atoms with Gasteiger partial charge in [-0.15, -0.1) is 0 Å². The molecule has 0 unspecified atom stereocenters. The fourth-order valence-electron chi connectivity index (χ4n) is 3.92. The minimum absolute atomic E-state index is 0.0931. The Morgan fingerprint density at radius 2 is 1.79 bits per heavy atom. The lowest BCUT2D eigenvalue weighted by atomic mass is 9.87. The fourth-order valence-corrected chi connectivity index (χ4v) is 3.92. The van der Waals surface area contributed by atoms with Crippen molar-refractivity contribution in [1.82, 2.24) is 15.1 Å². The van der Waals surface area contributed by atoms with Crippen LogP contribution in [0.15, 0.2) is 48.5 Å². The zero-order valence-corrected chi connectivity index (χ0v) is 16.9. The number of hydrogen-bond donors (Lipinski definition) is 1. The van der Waals surface area contributed by atoms with E-state index in [-0.39, 0.29) is 17.9 Å². The highest BCUT2D eigenvalue weighted by molar-refractivity contribution is 5.93. The van der Waals surface area contributed by atoms with Crippen molar-refractivity contribution >= 4 is 11.8 Å². The average molecular weight is 380 g/mol. The maximum atomic E-state index is 12.9. The molecule has 0 aliphatic heterocycles. The molecular formula is C23H29N3O2. The minimum Gasteiger partial charge on any atom is -0.355 e. The van der Waals surface area contributed by atoms with Crippen LogP contribution in [-0.2, 0) is 17.8 Å². The predicted molar refractivity (Wildman–Crippen MR) is 111 cm³/mol. The normalized spacial score (nSPS) is 15.8. The van der Waals surface area contributed by atoms with Gasteiger partial charge in [-0.3, -0.25) is 14.5 Å². The number of amides is 2. The second-order valence-corrected chi connectivity index (χ2v) is 7.56. The van der Waals surface area contributed by atoms with E-state index < -0.39 is 0 Å². The van der Waals surface area contributed by atoms with E-state index in [0.29, 0.717) is 18.7 Å². The van der Waals surface area contributed by atoms with E-state index in [1.807, 2.05) is 48.2 Å². The van der Waals surface area contributed by atoms with Crippen LogP contribution in [-0.4, -0.2) is 49.3 Å². The van der Waals surface area contributed by atoms with Gasteiger partial charge >= 0.3 is 0 Å². The van der Waals surface area contributed by atoms with Crippen LogP contribution in [0.5, 0.6) is 0 Å². The molecule has 0 heterocycles. The van der Waals surface area contributed by atoms with Crippen molar-refractivity contribution < 1.29 is 9.59 Å². The number of benzene rings is 2. The summed E-state index contributed by atoms with van der Waals surface area (Å²) in [6.45, 7) is 1.03. The molecule has 28 heavy (non-hydrogen) atoms. The third kappa shape index (κ3) is 4.60. The number of likely N-dealkylation sites (N-methyl/N-ethyl adjacent to an activating group) is 2. The lowest BCUT2D eigenvalue weighted by Crippen LogP contribution is -2.39. The Hall–Kier alpha value is -2.66. The number of aryl methyl sites for hydroxylation is 1. The molecule has 0 saturated heterocycles. The first-order valence-corrected chi connectivity index (χ1v) is 9.82. The Morgan fingerprint density at radius 3 is 2.50 bits per heavy atom. The van der Waals surface area contributed by atoms with Gasteiger partial charge in [-0.2, -0.15) is 0 Å². The number of carbonyl (C=O) groups excluding carboxylic acids is 2. The minimum atomic E-state index is -0.0931. The summed E-state index contributed by atoms with van der Waals surface area (Å²) in [5, 5.41) is 2.62. The molecule has 1 aliphatic rings. The average Bonchev–Trinajstić information content (AvgIpc) is 2.72. The predicted octanol–water partition coefficient (Wildman–Crippen LogP) is 3.01. The van der Waals surface area contributed by atoms with Crippen LogP contribution in [0.3, 0.4) is 0 Å². The van der Waals surface area contributed by atoms with Crippen LogP contribution >= 0.6 is 0 Å². The molecule has 1 aliphatic carbocycles. The summed E-state index contributed by atoms with van der Waals surface area (Å²) in [4.78, 5) is 28.4. The Bertz CT molecular complexity index is 832. The van der Waals surface area contributed by atoms with Crippen LogP contribution in [0.25, 0.3) is 0 Å². The first kappa shape index (κ1) is 20.1. The van der Waals surface area contributed by atoms with Crippen molar-refractivity contribution in [3.63, 3.8) is 0 Å². The monoisotopic (exact) mass is 379 g/mol. The molecule has 0 radical (unpaired) electrons. The molecule has 0 saturated carbocycles. The fraction of sp³-hybridized carbons (Fsp3) is 0.391. The summed E-state index contributed by atoms with van der Waals surface area (Å²) in [7, 11) is 5.49. The van der Waals surface area contributed by atoms with Crippen LogP contribution < -0.4 is 5.32 Å². The van der Waals surface area contributed by atoms with Gasteiger partial charge in [-0.25, -0.2) is 0 Å². The van der Waals surface area contributed by atoms with Crippen molar-refractivity contribution in [3.8, 4) is 0 Å². The highest BCUT2D eigenvalue weighted by Crippen LogP contribution is 2.33. The highest BCUT2D eigenvalue weighted by atomic mass is 16.2. The maximum Gasteiger partial charge on any atom is 0.251 e. The second-order valence-electron chi connectivity index (χ2n) is 7.56. The second kappa shape index (κ2) is 9.02. The molecule has 2 amide bonds. The summed E-state index contributed by atoms with van der Waals surface area (Å²) in [5.74, 6) is 0.0376. The molecular weight excluding hydrogens is 350 g/mol. The van der Waals surface area contributed by atoms with Gasteiger partial charge in [0.05, 0.1) is 12.6 Å². The van der Waals surface area contributed by atoms with Crippen LogP contribution in [0, 0.1) is 0 Å². The maximum absolute atomic E-state index is 12.9. The number of rotatable bonds is 6. The van der Waals surface area contributed by atoms with Gasteiger partial charge in [0.2, 0.25) is 5.91 Å². The Morgan fingerprint density at radius 1 is 1.07 bits per heavy atom. The van der Waals surface area contributed by atoms with Gasteiger partial charge in [0, 0.05) is 26.2 Å². The van der Waals surface area contributed by atoms with Crippen molar-refractivity contribution in [1.29, 1.82) is 0 Å². The summed E-state index contributed by atoms with van der Waals surface area (Å²) in [6.07, 6.45) is 3.23. The Balaban J connectivity index is 1.59. The number of fused-ring (bicyclic) bond motifs is 1. The van der Waals surface area contributed by atoms with E-state index in [1.54, 1.807) is 7.05 Å². The van der Waals surface area contributed by atoms with Crippen molar-refractivity contribution in [2.24, 2.45) is 0 Å². The first-order valence-electron chi connectivity index (χ1n) is 9.82. The van der Waals surface area contributed by atoms with Crippen molar-refractivity contribution in [2.45, 2.75) is 31.8 Å². The van der Waals surface area contributed by atoms with E-state index in [0.717, 1.165) is 24.8 Å². The van der Waals surface area contributed by atoms with E-state index in [9.17, 15) is 9.59 Å². The SMILES string of the molecule is CNC(=O)c1ccc(CN(C)CC(=O)N(C)[C@@H]2CCCc3ccccc32)cc1. The summed E-state index contributed by atoms with van der Waals surface area (Å²) >= 11 is 0. The molecule has 148 valence electrons. The molecule has 0 spiro atoms. The highest BCUT2D eigenvalue weighted by Gasteiger charge is 2.26. The van der Waals surface area contributed by atoms with Gasteiger partial charge in [0.1, 0.15) is 0 Å². The van der Waals surface area contributed by atoms with E-state index in [4.69, 9.17) is 0 Å². The molecule has 5 heteroatoms. The standard InChI is InChI=1S/C23H29N3O2/c1-24-23(28)19-13-11-17(12-14-19)15-25(2)16-22(27)26(3)21-10-6-8-18-7-4-5-9-20(18)21/h4-5,7,9,11-14,21H,6,8,10,15-16H2,1-3H3,(H,24,28)/t21-/m1/s1. The van der Waals surface area contributed by atoms with Crippen LogP contribution in [0.4, 0.5) is 0 Å². The summed E-state index contributed by atoms with van der Waals surface area (Å²) in [6, 6.07) is 16.1. The molecule has 0 fully saturated rings. The van der Waals surface area contributed by atoms with Crippen LogP contribution in [0.2, 0.25) is 0 Å². The Kier molecular flexibility index (Phi) is 6.47. The van der Waals surface area contributed by atoms with Gasteiger partial charge in [-0.05, 0) is 55.1 Å². The zero-order valence-electron chi connectivity index (χ0n) is 16.9. The first-order chi connectivity index (χ1) is 13.5. The number of nitrogens with zero attached hydrogens (tertiary/aromatic N) is 2. The topological polar surface area (TPSA) is 52.7 Å². The molecule has 2 aromatic carbocycles. The quantitative estimate of drug-likeness (QED) is 0.839. The molecule has 2 aromatic rings. The molecule has 1 atom stereocenters. The third-order valence-electron chi connectivity index (χ3n) is 5.50. The van der Waals surface area contributed by atoms with Gasteiger partial charge in [0.15, 0.2) is 0 Å². The Labute approximate surface area is 167 Å². The van der Waals surface area contributed by atoms with E-state index in [2.05, 4.69) is 29.6 Å². The third-order valence-corrected chi connectivity index (χ3v) is 5.50. The number of nitrogens with one attached hydrogen (secondary N) is 1. The van der Waals surface area contributed by atoms with Crippen LogP contribution in [0.1, 0.15) is 45.9 Å².